The van der Waals surface area contributed by atoms with Crippen LogP contribution in [0.3, 0.4) is 0 Å². The molecule has 0 radical (unpaired) electrons. The van der Waals surface area contributed by atoms with E-state index in [4.69, 9.17) is 0 Å². The van der Waals surface area contributed by atoms with Crippen molar-refractivity contribution < 1.29 is 0 Å². The van der Waals surface area contributed by atoms with Gasteiger partial charge in [0.1, 0.15) is 0 Å². The predicted octanol–water partition coefficient (Wildman–Crippen LogP) is 4.74. The number of hydrogen-bond acceptors (Lipinski definition) is 1. The van der Waals surface area contributed by atoms with Crippen molar-refractivity contribution in [2.75, 3.05) is 13.1 Å². The van der Waals surface area contributed by atoms with E-state index >= 15 is 0 Å². The lowest BCUT2D eigenvalue weighted by Crippen LogP contribution is -2.32. The summed E-state index contributed by atoms with van der Waals surface area (Å²) in [4.78, 5) is 2.71. The minimum absolute atomic E-state index is 0.945. The zero-order valence-electron chi connectivity index (χ0n) is 15.5. The lowest BCUT2D eigenvalue weighted by Gasteiger charge is -2.28. The average Bonchev–Trinajstić information content (AvgIpc) is 3.30. The van der Waals surface area contributed by atoms with Gasteiger partial charge in [0.05, 0.1) is 5.52 Å². The van der Waals surface area contributed by atoms with E-state index in [1.54, 1.807) is 11.3 Å². The van der Waals surface area contributed by atoms with Crippen LogP contribution in [-0.2, 0) is 25.8 Å². The van der Waals surface area contributed by atoms with Crippen LogP contribution in [0.4, 0.5) is 0 Å². The van der Waals surface area contributed by atoms with E-state index in [2.05, 4.69) is 58.9 Å². The van der Waals surface area contributed by atoms with Crippen molar-refractivity contribution >= 4 is 10.9 Å². The molecule has 6 rings (SSSR count). The molecule has 2 aliphatic heterocycles. The largest absolute Gasteiger partial charge is 0.313 e. The molecule has 0 amide bonds. The lowest BCUT2D eigenvalue weighted by molar-refractivity contribution is 0.239. The molecule has 1 saturated carbocycles. The van der Waals surface area contributed by atoms with Crippen LogP contribution in [0.2, 0.25) is 0 Å². The van der Waals surface area contributed by atoms with Crippen molar-refractivity contribution in [2.24, 2.45) is 11.8 Å². The van der Waals surface area contributed by atoms with Gasteiger partial charge in [-0.25, -0.2) is 0 Å². The van der Waals surface area contributed by atoms with Crippen molar-refractivity contribution in [2.45, 2.75) is 39.2 Å². The van der Waals surface area contributed by atoms with E-state index in [1.807, 2.05) is 0 Å². The number of hydrogen-bond donors (Lipinski definition) is 0. The Labute approximate surface area is 155 Å². The number of nitrogens with zero attached hydrogens (tertiary/aromatic N) is 2. The minimum atomic E-state index is 0.945. The van der Waals surface area contributed by atoms with Crippen LogP contribution in [0.5, 0.6) is 0 Å². The van der Waals surface area contributed by atoms with E-state index < -0.39 is 0 Å². The first-order valence-corrected chi connectivity index (χ1v) is 10.2. The molecule has 2 atom stereocenters. The monoisotopic (exact) mass is 342 g/mol. The molecule has 3 aromatic rings. The second-order valence-corrected chi connectivity index (χ2v) is 8.66. The van der Waals surface area contributed by atoms with Crippen molar-refractivity contribution in [1.82, 2.24) is 9.47 Å². The van der Waals surface area contributed by atoms with Crippen LogP contribution in [0.1, 0.15) is 35.7 Å². The summed E-state index contributed by atoms with van der Waals surface area (Å²) in [5, 5.41) is 1.50. The van der Waals surface area contributed by atoms with Gasteiger partial charge in [0.25, 0.3) is 0 Å². The van der Waals surface area contributed by atoms with Gasteiger partial charge in [0, 0.05) is 42.8 Å². The van der Waals surface area contributed by atoms with Crippen molar-refractivity contribution in [3.8, 4) is 5.69 Å². The fourth-order valence-corrected chi connectivity index (χ4v) is 5.35. The minimum Gasteiger partial charge on any atom is -0.313 e. The molecule has 1 fully saturated rings. The van der Waals surface area contributed by atoms with Gasteiger partial charge in [-0.15, -0.1) is 0 Å². The van der Waals surface area contributed by atoms with Gasteiger partial charge in [-0.2, -0.15) is 0 Å². The van der Waals surface area contributed by atoms with E-state index in [-0.39, 0.29) is 0 Å². The SMILES string of the molecule is CC1CC1CN1CCc2c(c3cccc4c3n2-c2ccccc2CC4)C1. The highest BCUT2D eigenvalue weighted by Gasteiger charge is 2.35. The third-order valence-corrected chi connectivity index (χ3v) is 7.00. The molecule has 3 aliphatic rings. The highest BCUT2D eigenvalue weighted by atomic mass is 15.2. The van der Waals surface area contributed by atoms with Crippen LogP contribution in [-0.4, -0.2) is 22.6 Å². The van der Waals surface area contributed by atoms with Crippen LogP contribution in [0.25, 0.3) is 16.6 Å². The molecule has 26 heavy (non-hydrogen) atoms. The van der Waals surface area contributed by atoms with Gasteiger partial charge in [0.2, 0.25) is 0 Å². The van der Waals surface area contributed by atoms with E-state index in [1.165, 1.54) is 53.6 Å². The molecule has 0 bridgehead atoms. The number of aromatic nitrogens is 1. The Balaban J connectivity index is 1.53. The Morgan fingerprint density at radius 2 is 1.77 bits per heavy atom. The Kier molecular flexibility index (Phi) is 3.16. The fourth-order valence-electron chi connectivity index (χ4n) is 5.35. The summed E-state index contributed by atoms with van der Waals surface area (Å²) in [5.41, 5.74) is 9.10. The van der Waals surface area contributed by atoms with Gasteiger partial charge < -0.3 is 4.57 Å². The average molecular weight is 342 g/mol. The zero-order valence-corrected chi connectivity index (χ0v) is 15.5. The first-order valence-electron chi connectivity index (χ1n) is 10.2. The number of para-hydroxylation sites is 2. The van der Waals surface area contributed by atoms with E-state index in [0.29, 0.717) is 0 Å². The number of aryl methyl sites for hydroxylation is 2. The van der Waals surface area contributed by atoms with Gasteiger partial charge in [0.15, 0.2) is 0 Å². The van der Waals surface area contributed by atoms with Crippen LogP contribution in [0.15, 0.2) is 42.5 Å². The van der Waals surface area contributed by atoms with E-state index in [9.17, 15) is 0 Å². The van der Waals surface area contributed by atoms with Crippen LogP contribution >= 0.6 is 0 Å². The topological polar surface area (TPSA) is 8.17 Å². The molecule has 1 aromatic heterocycles. The molecule has 0 saturated heterocycles. The van der Waals surface area contributed by atoms with Crippen molar-refractivity contribution in [1.29, 1.82) is 0 Å². The summed E-state index contributed by atoms with van der Waals surface area (Å²) in [6.07, 6.45) is 4.92. The Bertz CT molecular complexity index is 1010. The quantitative estimate of drug-likeness (QED) is 0.653. The molecule has 0 N–H and O–H groups in total. The van der Waals surface area contributed by atoms with Gasteiger partial charge in [-0.3, -0.25) is 4.90 Å². The predicted molar refractivity (Wildman–Crippen MR) is 107 cm³/mol. The molecule has 2 nitrogen and oxygen atoms in total. The maximum atomic E-state index is 2.71. The lowest BCUT2D eigenvalue weighted by atomic mass is 9.99. The van der Waals surface area contributed by atoms with Crippen LogP contribution in [0, 0.1) is 11.8 Å². The number of fused-ring (bicyclic) bond motifs is 5. The normalized spacial score (nSPS) is 24.2. The summed E-state index contributed by atoms with van der Waals surface area (Å²) in [7, 11) is 0. The van der Waals surface area contributed by atoms with Crippen molar-refractivity contribution in [3.05, 3.63) is 64.8 Å². The molecule has 1 aliphatic carbocycles. The zero-order chi connectivity index (χ0) is 17.3. The van der Waals surface area contributed by atoms with E-state index in [0.717, 1.165) is 31.2 Å². The molecule has 3 heterocycles. The highest BCUT2D eigenvalue weighted by molar-refractivity contribution is 5.91. The Morgan fingerprint density at radius 1 is 0.962 bits per heavy atom. The number of benzene rings is 2. The third-order valence-electron chi connectivity index (χ3n) is 7.00. The molecular formula is C24H26N2. The summed E-state index contributed by atoms with van der Waals surface area (Å²) in [6, 6.07) is 16.0. The fraction of sp³-hybridized carbons (Fsp3) is 0.417. The molecule has 2 unspecified atom stereocenters. The highest BCUT2D eigenvalue weighted by Crippen LogP contribution is 2.41. The maximum Gasteiger partial charge on any atom is 0.0567 e. The standard InChI is InChI=1S/C24H26N2/c1-16-13-19(16)14-25-12-11-23-21(15-25)20-7-4-6-18-10-9-17-5-2-3-8-22(17)26(23)24(18)20/h2-8,16,19H,9-15H2,1H3. The van der Waals surface area contributed by atoms with Gasteiger partial charge in [-0.1, -0.05) is 43.3 Å². The third kappa shape index (κ3) is 2.15. The van der Waals surface area contributed by atoms with Crippen LogP contribution < -0.4 is 0 Å². The molecule has 0 spiro atoms. The Hall–Kier alpha value is -2.06. The molecular weight excluding hydrogens is 316 g/mol. The second kappa shape index (κ2) is 5.47. The summed E-state index contributed by atoms with van der Waals surface area (Å²) in [5.74, 6) is 1.89. The molecule has 2 aromatic carbocycles. The van der Waals surface area contributed by atoms with Gasteiger partial charge in [-0.05, 0) is 53.9 Å². The second-order valence-electron chi connectivity index (χ2n) is 8.66. The summed E-state index contributed by atoms with van der Waals surface area (Å²) < 4.78 is 2.62. The summed E-state index contributed by atoms with van der Waals surface area (Å²) >= 11 is 0. The maximum absolute atomic E-state index is 2.71. The number of rotatable bonds is 2. The smallest absolute Gasteiger partial charge is 0.0567 e. The first kappa shape index (κ1) is 15.0. The molecule has 132 valence electrons. The first-order chi connectivity index (χ1) is 12.8. The Morgan fingerprint density at radius 3 is 2.65 bits per heavy atom. The van der Waals surface area contributed by atoms with Gasteiger partial charge >= 0.3 is 0 Å². The van der Waals surface area contributed by atoms with Crippen molar-refractivity contribution in [3.63, 3.8) is 0 Å². The summed E-state index contributed by atoms with van der Waals surface area (Å²) in [6.45, 7) is 6.04. The molecule has 2 heteroatoms.